The quantitative estimate of drug-likeness (QED) is 0.0338. The van der Waals surface area contributed by atoms with Gasteiger partial charge in [0.15, 0.2) is 24.8 Å². The molecular formula is C55H78N4O17. The second-order valence-electron chi connectivity index (χ2n) is 21.7. The Balaban J connectivity index is 0.923. The van der Waals surface area contributed by atoms with E-state index in [0.717, 1.165) is 102 Å². The maximum atomic E-state index is 14.2. The summed E-state index contributed by atoms with van der Waals surface area (Å²) in [5.41, 5.74) is 1.20. The zero-order chi connectivity index (χ0) is 54.0. The molecule has 0 amide bonds. The fraction of sp³-hybridized carbons (Fsp3) is 0.691. The van der Waals surface area contributed by atoms with Crippen molar-refractivity contribution in [2.24, 2.45) is 17.8 Å². The van der Waals surface area contributed by atoms with Crippen molar-refractivity contribution in [1.82, 2.24) is 14.4 Å². The molecule has 5 fully saturated rings. The number of carboxylic acid groups (broad SMARTS) is 1. The van der Waals surface area contributed by atoms with Gasteiger partial charge in [-0.05, 0) is 94.6 Å². The molecule has 21 heteroatoms. The number of carbonyl (C=O) groups excluding carboxylic acids is 2. The molecule has 420 valence electrons. The number of carboxylic acids is 1. The van der Waals surface area contributed by atoms with E-state index in [4.69, 9.17) is 28.4 Å². The molecule has 4 heterocycles. The van der Waals surface area contributed by atoms with Crippen LogP contribution in [0.15, 0.2) is 60.8 Å². The van der Waals surface area contributed by atoms with Gasteiger partial charge in [0.25, 0.3) is 5.69 Å². The lowest BCUT2D eigenvalue weighted by atomic mass is 9.75. The molecule has 3 aromatic rings. The van der Waals surface area contributed by atoms with Gasteiger partial charge in [0.05, 0.1) is 35.4 Å². The van der Waals surface area contributed by atoms with Crippen LogP contribution in [0, 0.1) is 27.9 Å². The number of nitrogens with zero attached hydrogens (tertiary/aromatic N) is 4. The summed E-state index contributed by atoms with van der Waals surface area (Å²) in [5.74, 6) is -3.05. The molecule has 2 aromatic carbocycles. The van der Waals surface area contributed by atoms with Gasteiger partial charge >= 0.3 is 11.9 Å². The molecule has 2 aliphatic carbocycles. The average molecular weight is 1070 g/mol. The van der Waals surface area contributed by atoms with Crippen molar-refractivity contribution in [2.45, 2.75) is 177 Å². The molecular weight excluding hydrogens is 989 g/mol. The number of piperazine rings is 1. The zero-order valence-corrected chi connectivity index (χ0v) is 43.6. The number of benzene rings is 2. The minimum Gasteiger partial charge on any atom is -0.479 e. The molecule has 8 rings (SSSR count). The van der Waals surface area contributed by atoms with Crippen LogP contribution in [-0.2, 0) is 44.6 Å². The van der Waals surface area contributed by atoms with Gasteiger partial charge < -0.3 is 73.4 Å². The lowest BCUT2D eigenvalue weighted by molar-refractivity contribution is -0.384. The number of aliphatic hydroxyl groups is 5. The van der Waals surface area contributed by atoms with Gasteiger partial charge in [-0.25, -0.2) is 9.59 Å². The third-order valence-corrected chi connectivity index (χ3v) is 16.3. The van der Waals surface area contributed by atoms with Crippen LogP contribution >= 0.6 is 0 Å². The molecule has 5 aliphatic rings. The Bertz CT molecular complexity index is 2360. The van der Waals surface area contributed by atoms with Crippen LogP contribution in [0.5, 0.6) is 0 Å². The molecule has 2 saturated carbocycles. The number of Topliss-reactive ketones (excluding diaryl/α,β-unsaturated/α-hetero) is 1. The van der Waals surface area contributed by atoms with Crippen molar-refractivity contribution in [3.8, 4) is 0 Å². The van der Waals surface area contributed by atoms with Gasteiger partial charge in [0.1, 0.15) is 42.4 Å². The molecule has 1 aromatic heterocycles. The molecule has 3 aliphatic heterocycles. The van der Waals surface area contributed by atoms with Gasteiger partial charge in [0.2, 0.25) is 0 Å². The summed E-state index contributed by atoms with van der Waals surface area (Å²) in [6.07, 6.45) is -8.53. The van der Waals surface area contributed by atoms with Crippen LogP contribution < -0.4 is 0 Å². The first kappa shape index (κ1) is 57.7. The topological polar surface area (TPSA) is 283 Å². The van der Waals surface area contributed by atoms with E-state index in [-0.39, 0.29) is 40.7 Å². The number of aryl methyl sites for hydroxylation is 1. The molecule has 15 atom stereocenters. The molecule has 0 spiro atoms. The lowest BCUT2D eigenvalue weighted by Gasteiger charge is -2.48. The predicted octanol–water partition coefficient (Wildman–Crippen LogP) is 4.05. The zero-order valence-electron chi connectivity index (χ0n) is 43.6. The van der Waals surface area contributed by atoms with Crippen LogP contribution in [0.2, 0.25) is 0 Å². The summed E-state index contributed by atoms with van der Waals surface area (Å²) in [6.45, 7) is 8.86. The van der Waals surface area contributed by atoms with E-state index in [1.807, 2.05) is 19.2 Å². The first-order valence-corrected chi connectivity index (χ1v) is 27.4. The Morgan fingerprint density at radius 2 is 1.49 bits per heavy atom. The van der Waals surface area contributed by atoms with Crippen LogP contribution in [0.25, 0.3) is 10.9 Å². The van der Waals surface area contributed by atoms with Crippen molar-refractivity contribution in [3.05, 3.63) is 76.5 Å². The van der Waals surface area contributed by atoms with E-state index >= 15 is 0 Å². The smallest absolute Gasteiger partial charge is 0.338 e. The molecule has 76 heavy (non-hydrogen) atoms. The molecule has 0 radical (unpaired) electrons. The van der Waals surface area contributed by atoms with Crippen molar-refractivity contribution >= 4 is 34.3 Å². The highest BCUT2D eigenvalue weighted by Gasteiger charge is 2.54. The first-order valence-electron chi connectivity index (χ1n) is 27.4. The van der Waals surface area contributed by atoms with Crippen LogP contribution in [0.1, 0.15) is 101 Å². The minimum atomic E-state index is -1.68. The molecule has 3 saturated heterocycles. The predicted molar refractivity (Wildman–Crippen MR) is 274 cm³/mol. The maximum Gasteiger partial charge on any atom is 0.338 e. The molecule has 6 N–H and O–H groups in total. The monoisotopic (exact) mass is 1070 g/mol. The Morgan fingerprint density at radius 3 is 2.17 bits per heavy atom. The summed E-state index contributed by atoms with van der Waals surface area (Å²) >= 11 is 0. The summed E-state index contributed by atoms with van der Waals surface area (Å²) in [7, 11) is 0. The number of hydrogen-bond acceptors (Lipinski definition) is 18. The second-order valence-corrected chi connectivity index (χ2v) is 21.7. The fourth-order valence-electron chi connectivity index (χ4n) is 11.9. The SMILES string of the molecule is CC1O[C@@H](O[C@@H]2C(C)CC(C(=O)CCCCN3CCN(CCCn4ccc5cc([N+](=O)[O-])ccc54)CC3)C[C@H]2O[C@@H]2O[C@@H](CO)[C@H](O)C(O[C@@H](CC3CCCCC3)C(=O)O)C2OC(=O)c2ccccc2)C(O)[C@@H](O)[C@@H]1O. The second kappa shape index (κ2) is 26.9. The highest BCUT2D eigenvalue weighted by atomic mass is 16.7. The third-order valence-electron chi connectivity index (χ3n) is 16.3. The minimum absolute atomic E-state index is 0.00651. The number of ether oxygens (including phenoxy) is 6. The van der Waals surface area contributed by atoms with E-state index in [0.29, 0.717) is 19.3 Å². The number of hydrogen-bond donors (Lipinski definition) is 6. The number of carbonyl (C=O) groups is 3. The van der Waals surface area contributed by atoms with Gasteiger partial charge in [-0.1, -0.05) is 57.2 Å². The largest absolute Gasteiger partial charge is 0.479 e. The molecule has 21 nitrogen and oxygen atoms in total. The van der Waals surface area contributed by atoms with Crippen LogP contribution in [-0.4, -0.2) is 193 Å². The number of fused-ring (bicyclic) bond motifs is 1. The molecule has 6 unspecified atom stereocenters. The van der Waals surface area contributed by atoms with E-state index in [9.17, 15) is 55.1 Å². The van der Waals surface area contributed by atoms with Crippen LogP contribution in [0.4, 0.5) is 5.69 Å². The standard InChI is InChI=1S/C55H78N4O17/c1-33-28-38(41(61)16-9-10-20-56-24-26-57(27-25-56)21-11-22-58-23-19-37-30-39(59(69)70)17-18-40(37)58)31-42(49(33)76-54-48(65)47(64)45(62)34(2)71-54)73-55-51(75-53(68)36-14-7-4-8-15-36)50(46(63)44(32-60)74-55)72-43(52(66)67)29-35-12-5-3-6-13-35/h4,7-8,14-15,17-19,23,30,33-35,38,42-51,54-55,60,62-65H,3,5-6,9-13,16,20-22,24-29,31-32H2,1-2H3,(H,66,67)/t33?,34?,38?,42-,43+,44+,45-,46+,47+,48?,49-,50?,51?,54+,55-/m1/s1. The van der Waals surface area contributed by atoms with E-state index < -0.39 is 110 Å². The highest BCUT2D eigenvalue weighted by molar-refractivity contribution is 5.89. The number of non-ortho nitro benzene ring substituents is 1. The number of nitro benzene ring substituents is 1. The van der Waals surface area contributed by atoms with Gasteiger partial charge in [-0.2, -0.15) is 0 Å². The number of rotatable bonds is 23. The Kier molecular flexibility index (Phi) is 20.4. The Morgan fingerprint density at radius 1 is 0.776 bits per heavy atom. The van der Waals surface area contributed by atoms with E-state index in [2.05, 4.69) is 14.4 Å². The van der Waals surface area contributed by atoms with Crippen molar-refractivity contribution in [2.75, 3.05) is 45.9 Å². The van der Waals surface area contributed by atoms with Crippen molar-refractivity contribution in [1.29, 1.82) is 0 Å². The van der Waals surface area contributed by atoms with E-state index in [1.54, 1.807) is 30.3 Å². The van der Waals surface area contributed by atoms with Gasteiger partial charge in [-0.3, -0.25) is 14.9 Å². The highest BCUT2D eigenvalue weighted by Crippen LogP contribution is 2.40. The van der Waals surface area contributed by atoms with Gasteiger partial charge in [-0.15, -0.1) is 0 Å². The normalized spacial score (nSPS) is 32.5. The van der Waals surface area contributed by atoms with Crippen molar-refractivity contribution in [3.63, 3.8) is 0 Å². The van der Waals surface area contributed by atoms with Crippen LogP contribution in [0.3, 0.4) is 0 Å². The first-order chi connectivity index (χ1) is 36.6. The van der Waals surface area contributed by atoms with Gasteiger partial charge in [0, 0.05) is 74.3 Å². The lowest BCUT2D eigenvalue weighted by Crippen LogP contribution is -2.64. The number of aromatic nitrogens is 1. The number of aliphatic hydroxyl groups excluding tert-OH is 5. The van der Waals surface area contributed by atoms with Crippen molar-refractivity contribution < 1.29 is 78.4 Å². The number of ketones is 1. The van der Waals surface area contributed by atoms with E-state index in [1.165, 1.54) is 25.1 Å². The molecule has 0 bridgehead atoms. The number of unbranched alkanes of at least 4 members (excludes halogenated alkanes) is 1. The summed E-state index contributed by atoms with van der Waals surface area (Å²) in [6, 6.07) is 14.9. The number of nitro groups is 1. The Hall–Kier alpha value is -4.49. The number of aliphatic carboxylic acids is 1. The summed E-state index contributed by atoms with van der Waals surface area (Å²) < 4.78 is 39.8. The third kappa shape index (κ3) is 14.4. The maximum absolute atomic E-state index is 14.2. The fourth-order valence-corrected chi connectivity index (χ4v) is 11.9. The average Bonchev–Trinajstić information content (AvgIpc) is 3.83. The summed E-state index contributed by atoms with van der Waals surface area (Å²) in [5, 5.41) is 77.1. The Labute approximate surface area is 443 Å². The summed E-state index contributed by atoms with van der Waals surface area (Å²) in [4.78, 5) is 56.7. The number of esters is 1.